The van der Waals surface area contributed by atoms with Gasteiger partial charge in [0.25, 0.3) is 5.91 Å². The summed E-state index contributed by atoms with van der Waals surface area (Å²) in [5, 5.41) is 0. The Labute approximate surface area is 123 Å². The number of halogens is 1. The van der Waals surface area contributed by atoms with Crippen LogP contribution in [0.5, 0.6) is 0 Å². The van der Waals surface area contributed by atoms with Gasteiger partial charge in [-0.2, -0.15) is 0 Å². The first-order valence-electron chi connectivity index (χ1n) is 6.67. The molecule has 5 heteroatoms. The molecule has 0 bridgehead atoms. The molecule has 4 nitrogen and oxygen atoms in total. The summed E-state index contributed by atoms with van der Waals surface area (Å²) in [7, 11) is 1.40. The van der Waals surface area contributed by atoms with E-state index in [4.69, 9.17) is 16.3 Å². The van der Waals surface area contributed by atoms with Gasteiger partial charge < -0.3 is 9.64 Å². The monoisotopic (exact) mass is 295 g/mol. The van der Waals surface area contributed by atoms with Gasteiger partial charge in [0.2, 0.25) is 0 Å². The minimum absolute atomic E-state index is 0.000262. The first kappa shape index (κ1) is 14.9. The second-order valence-corrected chi connectivity index (χ2v) is 5.19. The summed E-state index contributed by atoms with van der Waals surface area (Å²) in [6.45, 7) is 1.17. The molecule has 1 heterocycles. The zero-order chi connectivity index (χ0) is 14.5. The van der Waals surface area contributed by atoms with Crippen molar-refractivity contribution in [2.75, 3.05) is 20.2 Å². The molecule has 0 radical (unpaired) electrons. The van der Waals surface area contributed by atoms with E-state index in [-0.39, 0.29) is 17.8 Å². The molecule has 1 fully saturated rings. The van der Waals surface area contributed by atoms with E-state index < -0.39 is 0 Å². The summed E-state index contributed by atoms with van der Waals surface area (Å²) in [5.41, 5.74) is 1.58. The van der Waals surface area contributed by atoms with Crippen LogP contribution in [0.25, 0.3) is 0 Å². The van der Waals surface area contributed by atoms with Gasteiger partial charge in [-0.1, -0.05) is 12.1 Å². The Morgan fingerprint density at radius 1 is 1.35 bits per heavy atom. The number of likely N-dealkylation sites (tertiary alicyclic amines) is 1. The van der Waals surface area contributed by atoms with Crippen LogP contribution in [0.4, 0.5) is 0 Å². The van der Waals surface area contributed by atoms with Gasteiger partial charge in [-0.25, -0.2) is 0 Å². The third-order valence-electron chi connectivity index (χ3n) is 3.64. The third-order valence-corrected chi connectivity index (χ3v) is 3.95. The van der Waals surface area contributed by atoms with Crippen molar-refractivity contribution in [3.8, 4) is 0 Å². The fourth-order valence-corrected chi connectivity index (χ4v) is 2.62. The van der Waals surface area contributed by atoms with Gasteiger partial charge in [0.05, 0.1) is 13.0 Å². The maximum absolute atomic E-state index is 12.4. The summed E-state index contributed by atoms with van der Waals surface area (Å²) in [5.74, 6) is 0.130. The SMILES string of the molecule is COC(=O)C1CCN(C(=O)c2cccc(CCl)c2)CC1. The van der Waals surface area contributed by atoms with E-state index in [1.807, 2.05) is 18.2 Å². The molecule has 2 rings (SSSR count). The fraction of sp³-hybridized carbons (Fsp3) is 0.467. The van der Waals surface area contributed by atoms with Crippen LogP contribution in [0, 0.1) is 5.92 Å². The number of alkyl halides is 1. The molecule has 1 amide bonds. The molecular formula is C15H18ClNO3. The number of amides is 1. The predicted octanol–water partition coefficient (Wildman–Crippen LogP) is 2.45. The summed E-state index contributed by atoms with van der Waals surface area (Å²) in [6, 6.07) is 7.35. The van der Waals surface area contributed by atoms with Crippen molar-refractivity contribution >= 4 is 23.5 Å². The predicted molar refractivity (Wildman–Crippen MR) is 76.6 cm³/mol. The summed E-state index contributed by atoms with van der Waals surface area (Å²) >= 11 is 5.78. The summed E-state index contributed by atoms with van der Waals surface area (Å²) < 4.78 is 4.74. The Balaban J connectivity index is 1.99. The number of methoxy groups -OCH3 is 1. The van der Waals surface area contributed by atoms with E-state index in [0.717, 1.165) is 5.56 Å². The number of benzene rings is 1. The minimum atomic E-state index is -0.179. The number of rotatable bonds is 3. The Morgan fingerprint density at radius 2 is 2.05 bits per heavy atom. The number of esters is 1. The van der Waals surface area contributed by atoms with Crippen molar-refractivity contribution in [3.05, 3.63) is 35.4 Å². The molecule has 0 spiro atoms. The lowest BCUT2D eigenvalue weighted by atomic mass is 9.96. The Bertz CT molecular complexity index is 496. The van der Waals surface area contributed by atoms with Crippen molar-refractivity contribution < 1.29 is 14.3 Å². The number of carbonyl (C=O) groups excluding carboxylic acids is 2. The smallest absolute Gasteiger partial charge is 0.308 e. The summed E-state index contributed by atoms with van der Waals surface area (Å²) in [4.78, 5) is 25.6. The highest BCUT2D eigenvalue weighted by Crippen LogP contribution is 2.20. The molecule has 1 aromatic carbocycles. The number of carbonyl (C=O) groups is 2. The van der Waals surface area contributed by atoms with E-state index in [1.165, 1.54) is 7.11 Å². The van der Waals surface area contributed by atoms with Gasteiger partial charge in [0.1, 0.15) is 0 Å². The topological polar surface area (TPSA) is 46.6 Å². The van der Waals surface area contributed by atoms with Crippen LogP contribution in [0.2, 0.25) is 0 Å². The van der Waals surface area contributed by atoms with Crippen LogP contribution in [-0.2, 0) is 15.4 Å². The second kappa shape index (κ2) is 6.75. The number of nitrogens with zero attached hydrogens (tertiary/aromatic N) is 1. The molecule has 0 saturated carbocycles. The standard InChI is InChI=1S/C15H18ClNO3/c1-20-15(19)12-5-7-17(8-6-12)14(18)13-4-2-3-11(9-13)10-16/h2-4,9,12H,5-8,10H2,1H3. The van der Waals surface area contributed by atoms with Crippen LogP contribution < -0.4 is 0 Å². The Morgan fingerprint density at radius 3 is 2.65 bits per heavy atom. The highest BCUT2D eigenvalue weighted by molar-refractivity contribution is 6.17. The van der Waals surface area contributed by atoms with E-state index in [9.17, 15) is 9.59 Å². The maximum Gasteiger partial charge on any atom is 0.308 e. The van der Waals surface area contributed by atoms with Gasteiger partial charge >= 0.3 is 5.97 Å². The molecule has 20 heavy (non-hydrogen) atoms. The number of piperidine rings is 1. The van der Waals surface area contributed by atoms with Crippen molar-refractivity contribution in [1.29, 1.82) is 0 Å². The van der Waals surface area contributed by atoms with Gasteiger partial charge in [-0.3, -0.25) is 9.59 Å². The molecule has 0 aliphatic carbocycles. The number of hydrogen-bond acceptors (Lipinski definition) is 3. The third kappa shape index (κ3) is 3.31. The quantitative estimate of drug-likeness (QED) is 0.636. The summed E-state index contributed by atoms with van der Waals surface area (Å²) in [6.07, 6.45) is 1.32. The maximum atomic E-state index is 12.4. The highest BCUT2D eigenvalue weighted by Gasteiger charge is 2.28. The highest BCUT2D eigenvalue weighted by atomic mass is 35.5. The van der Waals surface area contributed by atoms with Crippen molar-refractivity contribution in [1.82, 2.24) is 4.90 Å². The van der Waals surface area contributed by atoms with E-state index >= 15 is 0 Å². The molecule has 1 aliphatic rings. The molecule has 0 unspecified atom stereocenters. The second-order valence-electron chi connectivity index (χ2n) is 4.92. The lowest BCUT2D eigenvalue weighted by molar-refractivity contribution is -0.146. The van der Waals surface area contributed by atoms with Crippen molar-refractivity contribution in [3.63, 3.8) is 0 Å². The molecule has 0 atom stereocenters. The van der Waals surface area contributed by atoms with Gasteiger partial charge in [-0.05, 0) is 30.5 Å². The molecule has 108 valence electrons. The van der Waals surface area contributed by atoms with E-state index in [2.05, 4.69) is 0 Å². The molecule has 0 N–H and O–H groups in total. The van der Waals surface area contributed by atoms with Crippen LogP contribution >= 0.6 is 11.6 Å². The largest absolute Gasteiger partial charge is 0.469 e. The lowest BCUT2D eigenvalue weighted by Crippen LogP contribution is -2.40. The zero-order valence-corrected chi connectivity index (χ0v) is 12.2. The van der Waals surface area contributed by atoms with Crippen molar-refractivity contribution in [2.45, 2.75) is 18.7 Å². The van der Waals surface area contributed by atoms with Crippen molar-refractivity contribution in [2.24, 2.45) is 5.92 Å². The molecule has 0 aromatic heterocycles. The van der Waals surface area contributed by atoms with Crippen LogP contribution in [0.1, 0.15) is 28.8 Å². The Kier molecular flexibility index (Phi) is 5.01. The number of hydrogen-bond donors (Lipinski definition) is 0. The average molecular weight is 296 g/mol. The Hall–Kier alpha value is -1.55. The van der Waals surface area contributed by atoms with Gasteiger partial charge in [-0.15, -0.1) is 11.6 Å². The van der Waals surface area contributed by atoms with Gasteiger partial charge in [0, 0.05) is 24.5 Å². The van der Waals surface area contributed by atoms with Gasteiger partial charge in [0.15, 0.2) is 0 Å². The molecular weight excluding hydrogens is 278 g/mol. The fourth-order valence-electron chi connectivity index (χ4n) is 2.46. The van der Waals surface area contributed by atoms with Crippen LogP contribution in [-0.4, -0.2) is 37.0 Å². The van der Waals surface area contributed by atoms with Crippen LogP contribution in [0.15, 0.2) is 24.3 Å². The molecule has 1 saturated heterocycles. The molecule has 1 aromatic rings. The average Bonchev–Trinajstić information content (AvgIpc) is 2.53. The van der Waals surface area contributed by atoms with E-state index in [1.54, 1.807) is 11.0 Å². The lowest BCUT2D eigenvalue weighted by Gasteiger charge is -2.30. The minimum Gasteiger partial charge on any atom is -0.469 e. The van der Waals surface area contributed by atoms with Crippen LogP contribution in [0.3, 0.4) is 0 Å². The number of ether oxygens (including phenoxy) is 1. The molecule has 1 aliphatic heterocycles. The van der Waals surface area contributed by atoms with E-state index in [0.29, 0.717) is 37.4 Å². The zero-order valence-electron chi connectivity index (χ0n) is 11.5. The normalized spacial score (nSPS) is 16.0. The first-order valence-corrected chi connectivity index (χ1v) is 7.21. The first-order chi connectivity index (χ1) is 9.65.